The number of hydrogen-bond acceptors (Lipinski definition) is 6. The van der Waals surface area contributed by atoms with E-state index < -0.39 is 23.1 Å². The van der Waals surface area contributed by atoms with Gasteiger partial charge in [0.2, 0.25) is 5.91 Å². The molecule has 0 radical (unpaired) electrons. The number of carbonyl (C=O) groups excluding carboxylic acids is 2. The Bertz CT molecular complexity index is 1470. The number of likely N-dealkylation sites (tertiary alicyclic amines) is 1. The highest BCUT2D eigenvalue weighted by Crippen LogP contribution is 2.49. The summed E-state index contributed by atoms with van der Waals surface area (Å²) in [6.07, 6.45) is 5.46. The first-order valence-electron chi connectivity index (χ1n) is 13.2. The number of nitrogens with two attached hydrogens (primary N) is 1. The Morgan fingerprint density at radius 1 is 1.25 bits per heavy atom. The van der Waals surface area contributed by atoms with Gasteiger partial charge in [0, 0.05) is 24.6 Å². The fourth-order valence-electron chi connectivity index (χ4n) is 5.39. The first kappa shape index (κ1) is 27.2. The molecule has 1 saturated carbocycles. The van der Waals surface area contributed by atoms with Gasteiger partial charge in [-0.25, -0.2) is 18.7 Å². The number of amides is 2. The van der Waals surface area contributed by atoms with E-state index in [0.29, 0.717) is 48.3 Å². The highest BCUT2D eigenvalue weighted by molar-refractivity contribution is 5.95. The van der Waals surface area contributed by atoms with Crippen molar-refractivity contribution in [1.82, 2.24) is 20.2 Å². The molecule has 3 N–H and O–H groups in total. The normalized spacial score (nSPS) is 17.7. The number of nitrogens with one attached hydrogen (secondary N) is 1. The van der Waals surface area contributed by atoms with E-state index in [-0.39, 0.29) is 35.6 Å². The number of nitrogen functional groups attached to an aromatic ring is 1. The van der Waals surface area contributed by atoms with Crippen LogP contribution in [0.2, 0.25) is 0 Å². The van der Waals surface area contributed by atoms with Crippen molar-refractivity contribution < 1.29 is 23.1 Å². The van der Waals surface area contributed by atoms with Crippen LogP contribution in [0.15, 0.2) is 55.4 Å². The second-order valence-electron chi connectivity index (χ2n) is 10.4. The quantitative estimate of drug-likeness (QED) is 0.401. The van der Waals surface area contributed by atoms with Crippen LogP contribution in [0.4, 0.5) is 14.6 Å². The molecule has 40 heavy (non-hydrogen) atoms. The molecule has 0 bridgehead atoms. The summed E-state index contributed by atoms with van der Waals surface area (Å²) in [6.45, 7) is 6.86. The third kappa shape index (κ3) is 5.38. The van der Waals surface area contributed by atoms with Crippen LogP contribution in [0.1, 0.15) is 47.2 Å². The number of anilines is 1. The smallest absolute Gasteiger partial charge is 0.254 e. The molecule has 1 atom stereocenters. The Morgan fingerprint density at radius 3 is 2.75 bits per heavy atom. The van der Waals surface area contributed by atoms with Crippen LogP contribution < -0.4 is 15.8 Å². The molecule has 0 spiro atoms. The van der Waals surface area contributed by atoms with E-state index in [0.717, 1.165) is 12.8 Å². The van der Waals surface area contributed by atoms with Crippen LogP contribution in [0.25, 0.3) is 11.3 Å². The molecule has 8 nitrogen and oxygen atoms in total. The molecular weight excluding hydrogens is 516 g/mol. The number of aromatic nitrogens is 2. The van der Waals surface area contributed by atoms with Gasteiger partial charge in [0.1, 0.15) is 23.7 Å². The third-order valence-electron chi connectivity index (χ3n) is 7.66. The minimum absolute atomic E-state index is 0.0672. The van der Waals surface area contributed by atoms with Crippen molar-refractivity contribution in [1.29, 1.82) is 0 Å². The SMILES string of the molecule is C=CC(=O)N1CCC[C@@H](COc2c(N)ncnc2-c2cc(F)cc(C3(NC(=O)c4ccccc4F)CC3)c2C)C1. The second-order valence-corrected chi connectivity index (χ2v) is 10.4. The molecule has 5 rings (SSSR count). The largest absolute Gasteiger partial charge is 0.487 e. The summed E-state index contributed by atoms with van der Waals surface area (Å²) in [5.74, 6) is -1.41. The predicted octanol–water partition coefficient (Wildman–Crippen LogP) is 4.53. The molecule has 3 aromatic rings. The Morgan fingerprint density at radius 2 is 2.02 bits per heavy atom. The van der Waals surface area contributed by atoms with Crippen molar-refractivity contribution in [3.05, 3.63) is 83.7 Å². The lowest BCUT2D eigenvalue weighted by atomic mass is 9.92. The number of ether oxygens (including phenoxy) is 1. The molecule has 10 heteroatoms. The van der Waals surface area contributed by atoms with Gasteiger partial charge in [0.15, 0.2) is 11.6 Å². The van der Waals surface area contributed by atoms with Gasteiger partial charge in [-0.3, -0.25) is 9.59 Å². The highest BCUT2D eigenvalue weighted by atomic mass is 19.1. The van der Waals surface area contributed by atoms with Crippen LogP contribution in [-0.4, -0.2) is 46.4 Å². The number of rotatable bonds is 8. The topological polar surface area (TPSA) is 110 Å². The fourth-order valence-corrected chi connectivity index (χ4v) is 5.39. The Balaban J connectivity index is 1.43. The summed E-state index contributed by atoms with van der Waals surface area (Å²) >= 11 is 0. The zero-order valence-electron chi connectivity index (χ0n) is 22.3. The van der Waals surface area contributed by atoms with Gasteiger partial charge >= 0.3 is 0 Å². The maximum atomic E-state index is 15.1. The van der Waals surface area contributed by atoms with Crippen molar-refractivity contribution >= 4 is 17.6 Å². The van der Waals surface area contributed by atoms with Gasteiger partial charge in [-0.15, -0.1) is 0 Å². The summed E-state index contributed by atoms with van der Waals surface area (Å²) in [7, 11) is 0. The van der Waals surface area contributed by atoms with Crippen LogP contribution in [0.3, 0.4) is 0 Å². The van der Waals surface area contributed by atoms with E-state index in [1.54, 1.807) is 11.0 Å². The standard InChI is InChI=1S/C30H31F2N5O3/c1-3-25(38)37-12-6-7-19(15-37)16-40-27-26(34-17-35-28(27)33)22-13-20(31)14-23(18(22)2)30(10-11-30)36-29(39)21-8-4-5-9-24(21)32/h3-5,8-9,13-14,17,19H,1,6-7,10-12,15-16H2,2H3,(H,36,39)(H2,33,34,35)/t19-/m1/s1. The molecule has 0 unspecified atom stereocenters. The average Bonchev–Trinajstić information content (AvgIpc) is 3.73. The molecule has 1 aliphatic carbocycles. The average molecular weight is 548 g/mol. The van der Waals surface area contributed by atoms with Gasteiger partial charge in [0.05, 0.1) is 17.7 Å². The van der Waals surface area contributed by atoms with Crippen molar-refractivity contribution in [3.8, 4) is 17.0 Å². The van der Waals surface area contributed by atoms with Crippen LogP contribution in [0.5, 0.6) is 5.75 Å². The molecule has 2 fully saturated rings. The Hall–Kier alpha value is -4.34. The van der Waals surface area contributed by atoms with Crippen LogP contribution in [-0.2, 0) is 10.3 Å². The number of benzene rings is 2. The molecular formula is C30H31F2N5O3. The molecule has 2 heterocycles. The van der Waals surface area contributed by atoms with Crippen molar-refractivity contribution in [2.45, 2.75) is 38.1 Å². The van der Waals surface area contributed by atoms with E-state index in [1.807, 2.05) is 6.92 Å². The van der Waals surface area contributed by atoms with E-state index in [2.05, 4.69) is 21.9 Å². The first-order chi connectivity index (χ1) is 19.2. The lowest BCUT2D eigenvalue weighted by Gasteiger charge is -2.32. The van der Waals surface area contributed by atoms with E-state index in [4.69, 9.17) is 10.5 Å². The van der Waals surface area contributed by atoms with E-state index in [1.165, 1.54) is 42.7 Å². The number of halogens is 2. The number of hydrogen-bond donors (Lipinski definition) is 2. The van der Waals surface area contributed by atoms with Crippen LogP contribution in [0, 0.1) is 24.5 Å². The Kier molecular flexibility index (Phi) is 7.51. The second kappa shape index (κ2) is 11.0. The van der Waals surface area contributed by atoms with Gasteiger partial charge in [-0.05, 0) is 74.1 Å². The summed E-state index contributed by atoms with van der Waals surface area (Å²) in [5.41, 5.74) is 7.36. The summed E-state index contributed by atoms with van der Waals surface area (Å²) in [4.78, 5) is 35.2. The van der Waals surface area contributed by atoms with Gasteiger partial charge < -0.3 is 20.7 Å². The van der Waals surface area contributed by atoms with Gasteiger partial charge in [-0.1, -0.05) is 18.7 Å². The summed E-state index contributed by atoms with van der Waals surface area (Å²) < 4.78 is 35.5. The molecule has 1 aromatic heterocycles. The zero-order chi connectivity index (χ0) is 28.4. The molecule has 208 valence electrons. The molecule has 1 aliphatic heterocycles. The number of carbonyl (C=O) groups is 2. The van der Waals surface area contributed by atoms with E-state index in [9.17, 15) is 14.0 Å². The van der Waals surface area contributed by atoms with E-state index >= 15 is 4.39 Å². The fraction of sp³-hybridized carbons (Fsp3) is 0.333. The predicted molar refractivity (Wildman–Crippen MR) is 146 cm³/mol. The van der Waals surface area contributed by atoms with Gasteiger partial charge in [0.25, 0.3) is 5.91 Å². The maximum absolute atomic E-state index is 15.1. The van der Waals surface area contributed by atoms with Gasteiger partial charge in [-0.2, -0.15) is 0 Å². The molecule has 2 aliphatic rings. The first-order valence-corrected chi connectivity index (χ1v) is 13.2. The minimum Gasteiger partial charge on any atom is -0.487 e. The number of piperidine rings is 1. The third-order valence-corrected chi connectivity index (χ3v) is 7.66. The molecule has 2 amide bonds. The van der Waals surface area contributed by atoms with Crippen LogP contribution >= 0.6 is 0 Å². The lowest BCUT2D eigenvalue weighted by Crippen LogP contribution is -2.40. The minimum atomic E-state index is -0.830. The molecule has 2 aromatic carbocycles. The monoisotopic (exact) mass is 547 g/mol. The Labute approximate surface area is 231 Å². The summed E-state index contributed by atoms with van der Waals surface area (Å²) in [6, 6.07) is 8.49. The van der Waals surface area contributed by atoms with Crippen molar-refractivity contribution in [2.75, 3.05) is 25.4 Å². The molecule has 1 saturated heterocycles. The zero-order valence-corrected chi connectivity index (χ0v) is 22.3. The lowest BCUT2D eigenvalue weighted by molar-refractivity contribution is -0.127. The van der Waals surface area contributed by atoms with Crippen molar-refractivity contribution in [3.63, 3.8) is 0 Å². The maximum Gasteiger partial charge on any atom is 0.254 e. The van der Waals surface area contributed by atoms with Crippen molar-refractivity contribution in [2.24, 2.45) is 5.92 Å². The number of nitrogens with zero attached hydrogens (tertiary/aromatic N) is 3. The highest BCUT2D eigenvalue weighted by Gasteiger charge is 2.47. The summed E-state index contributed by atoms with van der Waals surface area (Å²) in [5, 5.41) is 2.93.